The normalized spacial score (nSPS) is 16.5. The molecule has 0 bridgehead atoms. The lowest BCUT2D eigenvalue weighted by molar-refractivity contribution is -0.150. The van der Waals surface area contributed by atoms with E-state index in [9.17, 15) is 19.5 Å². The summed E-state index contributed by atoms with van der Waals surface area (Å²) in [5.74, 6) is -1.63. The molecule has 1 aliphatic rings. The van der Waals surface area contributed by atoms with Crippen molar-refractivity contribution in [2.45, 2.75) is 70.5 Å². The molecule has 0 saturated heterocycles. The molecule has 2 amide bonds. The number of carbonyl (C=O) groups is 3. The molecule has 2 aromatic carbocycles. The SMILES string of the molecule is C=CCCC[C@H](Cc1ccccc1)C(=O)OC[C@H](C)NC(=O)[C@@H](CC=C)CC(=O)N1Cc2ccccc2C[C@H]1CO. The lowest BCUT2D eigenvalue weighted by Gasteiger charge is -2.36. The van der Waals surface area contributed by atoms with Crippen LogP contribution in [0, 0.1) is 11.8 Å². The second kappa shape index (κ2) is 16.5. The summed E-state index contributed by atoms with van der Waals surface area (Å²) in [6.45, 7) is 9.63. The third kappa shape index (κ3) is 9.71. The number of carbonyl (C=O) groups excluding carboxylic acids is 3. The van der Waals surface area contributed by atoms with Crippen LogP contribution in [0.2, 0.25) is 0 Å². The van der Waals surface area contributed by atoms with Crippen LogP contribution in [0.5, 0.6) is 0 Å². The van der Waals surface area contributed by atoms with Crippen LogP contribution >= 0.6 is 0 Å². The van der Waals surface area contributed by atoms with Crippen LogP contribution in [0.1, 0.15) is 55.7 Å². The molecule has 4 atom stereocenters. The fourth-order valence-electron chi connectivity index (χ4n) is 5.29. The highest BCUT2D eigenvalue weighted by Gasteiger charge is 2.32. The van der Waals surface area contributed by atoms with Gasteiger partial charge in [0, 0.05) is 13.0 Å². The van der Waals surface area contributed by atoms with Crippen LogP contribution in [0.25, 0.3) is 0 Å². The Bertz CT molecular complexity index is 1160. The highest BCUT2D eigenvalue weighted by atomic mass is 16.5. The van der Waals surface area contributed by atoms with E-state index in [1.807, 2.05) is 60.7 Å². The molecule has 0 saturated carbocycles. The van der Waals surface area contributed by atoms with E-state index in [1.165, 1.54) is 0 Å². The van der Waals surface area contributed by atoms with Crippen molar-refractivity contribution >= 4 is 17.8 Å². The van der Waals surface area contributed by atoms with Gasteiger partial charge in [0.15, 0.2) is 0 Å². The summed E-state index contributed by atoms with van der Waals surface area (Å²) >= 11 is 0. The zero-order chi connectivity index (χ0) is 29.6. The fourth-order valence-corrected chi connectivity index (χ4v) is 5.29. The number of unbranched alkanes of at least 4 members (excludes halogenated alkanes) is 1. The van der Waals surface area contributed by atoms with Crippen LogP contribution in [0.15, 0.2) is 79.9 Å². The topological polar surface area (TPSA) is 95.9 Å². The Morgan fingerprint density at radius 2 is 1.76 bits per heavy atom. The van der Waals surface area contributed by atoms with Gasteiger partial charge in [-0.15, -0.1) is 13.2 Å². The predicted octanol–water partition coefficient (Wildman–Crippen LogP) is 4.78. The van der Waals surface area contributed by atoms with Crippen molar-refractivity contribution in [1.82, 2.24) is 10.2 Å². The number of allylic oxidation sites excluding steroid dienone is 2. The second-order valence-corrected chi connectivity index (χ2v) is 10.9. The number of hydrogen-bond donors (Lipinski definition) is 2. The van der Waals surface area contributed by atoms with Crippen LogP contribution < -0.4 is 5.32 Å². The molecule has 41 heavy (non-hydrogen) atoms. The largest absolute Gasteiger partial charge is 0.463 e. The van der Waals surface area contributed by atoms with Gasteiger partial charge in [-0.3, -0.25) is 14.4 Å². The van der Waals surface area contributed by atoms with E-state index in [0.717, 1.165) is 29.5 Å². The van der Waals surface area contributed by atoms with E-state index >= 15 is 0 Å². The first-order valence-electron chi connectivity index (χ1n) is 14.6. The molecule has 7 nitrogen and oxygen atoms in total. The van der Waals surface area contributed by atoms with Gasteiger partial charge in [-0.25, -0.2) is 0 Å². The number of benzene rings is 2. The number of ether oxygens (including phenoxy) is 1. The zero-order valence-corrected chi connectivity index (χ0v) is 24.2. The maximum atomic E-state index is 13.3. The number of esters is 1. The monoisotopic (exact) mass is 560 g/mol. The maximum absolute atomic E-state index is 13.3. The molecule has 7 heteroatoms. The first-order chi connectivity index (χ1) is 19.9. The maximum Gasteiger partial charge on any atom is 0.309 e. The standard InChI is InChI=1S/C34H44N2O5/c1-4-6-8-17-29(19-26-14-9-7-10-15-26)34(40)41-24-25(3)35-33(39)28(13-5-2)21-32(38)36-22-30-18-12-11-16-27(30)20-31(36)23-37/h4-5,7,9-12,14-16,18,25,28-29,31,37H,1-2,6,8,13,17,19-24H2,3H3,(H,35,39)/t25-,28-,29+,31-/m0/s1. The molecule has 0 spiro atoms. The predicted molar refractivity (Wildman–Crippen MR) is 161 cm³/mol. The van der Waals surface area contributed by atoms with Crippen molar-refractivity contribution in [1.29, 1.82) is 0 Å². The van der Waals surface area contributed by atoms with Gasteiger partial charge < -0.3 is 20.1 Å². The van der Waals surface area contributed by atoms with Crippen molar-refractivity contribution in [3.05, 3.63) is 96.6 Å². The number of rotatable bonds is 16. The van der Waals surface area contributed by atoms with Crippen LogP contribution in [-0.2, 0) is 38.5 Å². The summed E-state index contributed by atoms with van der Waals surface area (Å²) in [6, 6.07) is 17.0. The quantitative estimate of drug-likeness (QED) is 0.175. The first kappa shape index (κ1) is 31.8. The minimum atomic E-state index is -0.612. The van der Waals surface area contributed by atoms with Crippen molar-refractivity contribution in [3.8, 4) is 0 Å². The Kier molecular flexibility index (Phi) is 12.8. The summed E-state index contributed by atoms with van der Waals surface area (Å²) in [4.78, 5) is 41.2. The van der Waals surface area contributed by atoms with Gasteiger partial charge in [-0.2, -0.15) is 0 Å². The molecular formula is C34H44N2O5. The fraction of sp³-hybridized carbons (Fsp3) is 0.441. The average Bonchev–Trinajstić information content (AvgIpc) is 2.98. The van der Waals surface area contributed by atoms with Crippen LogP contribution in [-0.4, -0.2) is 53.1 Å². The third-order valence-electron chi connectivity index (χ3n) is 7.61. The molecule has 0 aromatic heterocycles. The summed E-state index contributed by atoms with van der Waals surface area (Å²) in [6.07, 6.45) is 7.37. The Balaban J connectivity index is 1.55. The lowest BCUT2D eigenvalue weighted by Crippen LogP contribution is -2.48. The second-order valence-electron chi connectivity index (χ2n) is 10.9. The molecule has 0 aliphatic carbocycles. The van der Waals surface area contributed by atoms with Gasteiger partial charge in [0.2, 0.25) is 11.8 Å². The van der Waals surface area contributed by atoms with Crippen molar-refractivity contribution in [2.24, 2.45) is 11.8 Å². The summed E-state index contributed by atoms with van der Waals surface area (Å²) < 4.78 is 5.65. The molecule has 1 aliphatic heterocycles. The van der Waals surface area contributed by atoms with E-state index in [0.29, 0.717) is 32.2 Å². The number of nitrogens with one attached hydrogen (secondary N) is 1. The van der Waals surface area contributed by atoms with Gasteiger partial charge in [-0.05, 0) is 62.1 Å². The smallest absolute Gasteiger partial charge is 0.309 e. The highest BCUT2D eigenvalue weighted by molar-refractivity contribution is 5.86. The first-order valence-corrected chi connectivity index (χ1v) is 14.6. The van der Waals surface area contributed by atoms with E-state index in [4.69, 9.17) is 4.74 Å². The molecule has 0 radical (unpaired) electrons. The molecule has 3 rings (SSSR count). The molecule has 0 fully saturated rings. The molecular weight excluding hydrogens is 516 g/mol. The lowest BCUT2D eigenvalue weighted by atomic mass is 9.92. The number of aliphatic hydroxyl groups is 1. The molecule has 0 unspecified atom stereocenters. The molecule has 1 heterocycles. The van der Waals surface area contributed by atoms with Crippen molar-refractivity contribution in [3.63, 3.8) is 0 Å². The Hall–Kier alpha value is -3.71. The minimum absolute atomic E-state index is 0.00544. The number of amides is 2. The highest BCUT2D eigenvalue weighted by Crippen LogP contribution is 2.25. The van der Waals surface area contributed by atoms with E-state index in [-0.39, 0.29) is 49.4 Å². The summed E-state index contributed by atoms with van der Waals surface area (Å²) in [5.41, 5.74) is 3.26. The summed E-state index contributed by atoms with van der Waals surface area (Å²) in [5, 5.41) is 12.9. The minimum Gasteiger partial charge on any atom is -0.463 e. The van der Waals surface area contributed by atoms with E-state index < -0.39 is 12.0 Å². The van der Waals surface area contributed by atoms with Gasteiger partial charge >= 0.3 is 5.97 Å². The molecule has 220 valence electrons. The number of fused-ring (bicyclic) bond motifs is 1. The van der Waals surface area contributed by atoms with Crippen molar-refractivity contribution < 1.29 is 24.2 Å². The van der Waals surface area contributed by atoms with Gasteiger partial charge in [0.05, 0.1) is 30.5 Å². The summed E-state index contributed by atoms with van der Waals surface area (Å²) in [7, 11) is 0. The van der Waals surface area contributed by atoms with Gasteiger partial charge in [0.25, 0.3) is 0 Å². The van der Waals surface area contributed by atoms with Gasteiger partial charge in [-0.1, -0.05) is 66.7 Å². The van der Waals surface area contributed by atoms with Crippen LogP contribution in [0.4, 0.5) is 0 Å². The van der Waals surface area contributed by atoms with Crippen molar-refractivity contribution in [2.75, 3.05) is 13.2 Å². The Labute approximate surface area is 244 Å². The Morgan fingerprint density at radius 1 is 1.05 bits per heavy atom. The Morgan fingerprint density at radius 3 is 2.44 bits per heavy atom. The molecule has 2 N–H and O–H groups in total. The van der Waals surface area contributed by atoms with E-state index in [1.54, 1.807) is 17.9 Å². The van der Waals surface area contributed by atoms with Gasteiger partial charge in [0.1, 0.15) is 6.61 Å². The number of hydrogen-bond acceptors (Lipinski definition) is 5. The zero-order valence-electron chi connectivity index (χ0n) is 24.2. The molecule has 2 aromatic rings. The van der Waals surface area contributed by atoms with E-state index in [2.05, 4.69) is 18.5 Å². The third-order valence-corrected chi connectivity index (χ3v) is 7.61. The number of nitrogens with zero attached hydrogens (tertiary/aromatic N) is 1. The van der Waals surface area contributed by atoms with Crippen LogP contribution in [0.3, 0.4) is 0 Å². The average molecular weight is 561 g/mol. The number of aliphatic hydroxyl groups excluding tert-OH is 1.